The summed E-state index contributed by atoms with van der Waals surface area (Å²) in [5.74, 6) is -4.47. The number of allylic oxidation sites excluding steroid dienone is 2. The Morgan fingerprint density at radius 1 is 0.690 bits per heavy atom. The zero-order valence-corrected chi connectivity index (χ0v) is 34.4. The zero-order chi connectivity index (χ0) is 42.9. The normalized spacial score (nSPS) is 52.6. The second-order valence-electron chi connectivity index (χ2n) is 20.6. The largest absolute Gasteiger partial charge is 0.481 e. The fourth-order valence-electron chi connectivity index (χ4n) is 13.4. The fraction of sp³-hybridized carbons (Fsp3) is 0.857. The quantitative estimate of drug-likeness (QED) is 0.171. The number of hydrogen-bond donors (Lipinski definition) is 8. The highest BCUT2D eigenvalue weighted by molar-refractivity contribution is 5.95. The molecule has 2 heterocycles. The first kappa shape index (κ1) is 43.5. The lowest BCUT2D eigenvalue weighted by atomic mass is 9.33. The zero-order valence-electron chi connectivity index (χ0n) is 34.4. The van der Waals surface area contributed by atoms with Gasteiger partial charge in [-0.1, -0.05) is 47.1 Å². The predicted octanol–water partition coefficient (Wildman–Crippen LogP) is 2.25. The number of ether oxygens (including phenoxy) is 4. The van der Waals surface area contributed by atoms with Crippen molar-refractivity contribution in [2.45, 2.75) is 174 Å². The molecule has 4 saturated carbocycles. The van der Waals surface area contributed by atoms with Crippen LogP contribution in [0.3, 0.4) is 0 Å². The molecule has 0 bridgehead atoms. The van der Waals surface area contributed by atoms with Crippen LogP contribution in [0.25, 0.3) is 0 Å². The molecule has 2 aliphatic heterocycles. The van der Waals surface area contributed by atoms with Gasteiger partial charge in [-0.2, -0.15) is 0 Å². The van der Waals surface area contributed by atoms with Crippen molar-refractivity contribution in [3.63, 3.8) is 0 Å². The molecule has 0 aromatic heterocycles. The maximum absolute atomic E-state index is 14.8. The van der Waals surface area contributed by atoms with Gasteiger partial charge in [-0.25, -0.2) is 9.59 Å². The highest BCUT2D eigenvalue weighted by atomic mass is 16.8. The molecule has 326 valence electrons. The molecule has 0 aromatic carbocycles. The van der Waals surface area contributed by atoms with Crippen LogP contribution in [0.4, 0.5) is 0 Å². The van der Waals surface area contributed by atoms with Crippen LogP contribution < -0.4 is 0 Å². The number of carbonyl (C=O) groups is 4. The van der Waals surface area contributed by atoms with Gasteiger partial charge in [-0.3, -0.25) is 9.59 Å². The van der Waals surface area contributed by atoms with Gasteiger partial charge in [0.15, 0.2) is 30.6 Å². The van der Waals surface area contributed by atoms with Gasteiger partial charge < -0.3 is 59.8 Å². The number of aliphatic hydroxyl groups is 5. The molecule has 7 rings (SSSR count). The van der Waals surface area contributed by atoms with Crippen molar-refractivity contribution in [1.29, 1.82) is 0 Å². The lowest BCUT2D eigenvalue weighted by molar-refractivity contribution is -0.371. The van der Waals surface area contributed by atoms with Crippen LogP contribution in [-0.2, 0) is 38.1 Å². The number of carboxylic acids is 3. The molecular formula is C42H62O16. The summed E-state index contributed by atoms with van der Waals surface area (Å²) in [5, 5.41) is 83.0. The summed E-state index contributed by atoms with van der Waals surface area (Å²) in [6.07, 6.45) is -12.2. The summed E-state index contributed by atoms with van der Waals surface area (Å²) in [6, 6.07) is 0. The van der Waals surface area contributed by atoms with Crippen LogP contribution in [-0.4, -0.2) is 132 Å². The monoisotopic (exact) mass is 822 g/mol. The summed E-state index contributed by atoms with van der Waals surface area (Å²) in [7, 11) is 0. The molecule has 6 fully saturated rings. The minimum Gasteiger partial charge on any atom is -0.481 e. The number of fused-ring (bicyclic) bond motifs is 7. The molecule has 0 amide bonds. The van der Waals surface area contributed by atoms with E-state index in [2.05, 4.69) is 27.7 Å². The van der Waals surface area contributed by atoms with Crippen molar-refractivity contribution >= 4 is 23.7 Å². The second-order valence-corrected chi connectivity index (χ2v) is 20.6. The number of aliphatic carboxylic acids is 3. The fourth-order valence-corrected chi connectivity index (χ4v) is 13.4. The standard InChI is InChI=1S/C42H62O16/c1-37(2)21-8-11-42(7)31(20(43)16-18-19-17-39(4,36(53)54)13-12-38(19,3)14-15-41(18,42)6)40(21,5)10-9-22(37)55-35-30(26(47)25(46)29(57-35)33(51)52)58-34-27(48)23(44)24(45)28(56-34)32(49)50/h16,19,21-31,34-35,44-48H,8-15,17H2,1-7H3,(H,49,50)(H,51,52)(H,53,54)/t19-,21+,22+,23+,24+,25+,26+,27-,28+,29-,30-,31-,34+,35+,38-,39-,40+,41-,42-/m1/s1. The van der Waals surface area contributed by atoms with Gasteiger partial charge in [0, 0.05) is 5.92 Å². The van der Waals surface area contributed by atoms with Crippen LogP contribution in [0.1, 0.15) is 106 Å². The Labute approximate surface area is 337 Å². The Kier molecular flexibility index (Phi) is 10.7. The van der Waals surface area contributed by atoms with Gasteiger partial charge in [0.25, 0.3) is 0 Å². The molecule has 0 radical (unpaired) electrons. The summed E-state index contributed by atoms with van der Waals surface area (Å²) >= 11 is 0. The first-order chi connectivity index (χ1) is 26.8. The first-order valence-corrected chi connectivity index (χ1v) is 20.7. The third-order valence-electron chi connectivity index (χ3n) is 17.2. The second kappa shape index (κ2) is 14.3. The molecule has 19 atom stereocenters. The Balaban J connectivity index is 1.17. The molecule has 8 N–H and O–H groups in total. The van der Waals surface area contributed by atoms with Crippen LogP contribution in [0.5, 0.6) is 0 Å². The Bertz CT molecular complexity index is 1730. The minimum absolute atomic E-state index is 0.0217. The van der Waals surface area contributed by atoms with Crippen molar-refractivity contribution in [2.75, 3.05) is 0 Å². The number of aliphatic hydroxyl groups excluding tert-OH is 5. The van der Waals surface area contributed by atoms with E-state index < -0.39 is 107 Å². The number of hydrogen-bond acceptors (Lipinski definition) is 13. The number of carbonyl (C=O) groups excluding carboxylic acids is 1. The van der Waals surface area contributed by atoms with Gasteiger partial charge in [0.05, 0.1) is 11.5 Å². The van der Waals surface area contributed by atoms with Gasteiger partial charge >= 0.3 is 17.9 Å². The molecule has 16 heteroatoms. The first-order valence-electron chi connectivity index (χ1n) is 20.7. The third-order valence-corrected chi connectivity index (χ3v) is 17.2. The highest BCUT2D eigenvalue weighted by Gasteiger charge is 2.71. The average Bonchev–Trinajstić information content (AvgIpc) is 3.13. The summed E-state index contributed by atoms with van der Waals surface area (Å²) in [4.78, 5) is 51.3. The third kappa shape index (κ3) is 6.25. The minimum atomic E-state index is -2.05. The van der Waals surface area contributed by atoms with E-state index in [1.807, 2.05) is 26.8 Å². The molecule has 2 saturated heterocycles. The van der Waals surface area contributed by atoms with E-state index in [1.54, 1.807) is 0 Å². The molecular weight excluding hydrogens is 760 g/mol. The Morgan fingerprint density at radius 2 is 1.28 bits per heavy atom. The molecule has 0 aromatic rings. The average molecular weight is 823 g/mol. The van der Waals surface area contributed by atoms with Crippen molar-refractivity contribution < 1.29 is 79.0 Å². The van der Waals surface area contributed by atoms with Gasteiger partial charge in [0.2, 0.25) is 0 Å². The maximum atomic E-state index is 14.8. The SMILES string of the molecule is CC1(C)[C@@H](O[C@H]2O[C@@H](C(=O)O)[C@@H](O)[C@H](O)[C@H]2O[C@@H]2O[C@H](C(=O)O)[C@@H](O)[C@H](O)[C@H]2O)CC[C@]2(C)[C@H]3C(=O)C=C4[C@H]5C[C@](C)(C(=O)O)CC[C@]5(C)CC[C@@]4(C)[C@]3(C)CC[C@@H]12. The van der Waals surface area contributed by atoms with E-state index in [0.29, 0.717) is 25.7 Å². The van der Waals surface area contributed by atoms with E-state index >= 15 is 0 Å². The molecule has 0 unspecified atom stereocenters. The molecule has 7 aliphatic rings. The molecule has 5 aliphatic carbocycles. The van der Waals surface area contributed by atoms with E-state index in [4.69, 9.17) is 18.9 Å². The van der Waals surface area contributed by atoms with Gasteiger partial charge in [0.1, 0.15) is 36.6 Å². The number of rotatable bonds is 7. The Morgan fingerprint density at radius 3 is 1.88 bits per heavy atom. The number of carboxylic acid groups (broad SMARTS) is 3. The lowest BCUT2D eigenvalue weighted by Crippen LogP contribution is -2.68. The van der Waals surface area contributed by atoms with E-state index in [1.165, 1.54) is 0 Å². The Hall–Kier alpha value is -2.54. The van der Waals surface area contributed by atoms with Crippen LogP contribution in [0.15, 0.2) is 11.6 Å². The number of ketones is 1. The van der Waals surface area contributed by atoms with Gasteiger partial charge in [-0.05, 0) is 110 Å². The lowest BCUT2D eigenvalue weighted by Gasteiger charge is -2.70. The molecule has 16 nitrogen and oxygen atoms in total. The van der Waals surface area contributed by atoms with E-state index in [9.17, 15) is 60.0 Å². The molecule has 58 heavy (non-hydrogen) atoms. The van der Waals surface area contributed by atoms with Crippen molar-refractivity contribution in [2.24, 2.45) is 50.2 Å². The summed E-state index contributed by atoms with van der Waals surface area (Å²) in [5.41, 5.74) is -1.81. The summed E-state index contributed by atoms with van der Waals surface area (Å²) in [6.45, 7) is 14.8. The highest BCUT2D eigenvalue weighted by Crippen LogP contribution is 2.75. The summed E-state index contributed by atoms with van der Waals surface area (Å²) < 4.78 is 23.4. The van der Waals surface area contributed by atoms with Crippen LogP contribution in [0, 0.1) is 50.2 Å². The smallest absolute Gasteiger partial charge is 0.335 e. The van der Waals surface area contributed by atoms with Crippen molar-refractivity contribution in [3.8, 4) is 0 Å². The topological polar surface area (TPSA) is 267 Å². The van der Waals surface area contributed by atoms with Crippen molar-refractivity contribution in [1.82, 2.24) is 0 Å². The van der Waals surface area contributed by atoms with E-state index in [0.717, 1.165) is 37.7 Å². The van der Waals surface area contributed by atoms with E-state index in [-0.39, 0.29) is 34.4 Å². The maximum Gasteiger partial charge on any atom is 0.335 e. The molecule has 0 spiro atoms. The van der Waals surface area contributed by atoms with Crippen LogP contribution >= 0.6 is 0 Å². The van der Waals surface area contributed by atoms with Crippen molar-refractivity contribution in [3.05, 3.63) is 11.6 Å². The van der Waals surface area contributed by atoms with Gasteiger partial charge in [-0.15, -0.1) is 0 Å². The van der Waals surface area contributed by atoms with Crippen LogP contribution in [0.2, 0.25) is 0 Å². The predicted molar refractivity (Wildman–Crippen MR) is 199 cm³/mol.